The van der Waals surface area contributed by atoms with Crippen LogP contribution in [0, 0.1) is 0 Å². The molecule has 1 heterocycles. The van der Waals surface area contributed by atoms with Crippen molar-refractivity contribution in [1.29, 1.82) is 0 Å². The first-order chi connectivity index (χ1) is 8.58. The number of alkyl halides is 2. The Hall–Kier alpha value is -1.85. The number of carbonyl (C=O) groups excluding carboxylic acids is 1. The summed E-state index contributed by atoms with van der Waals surface area (Å²) < 4.78 is 24.5. The van der Waals surface area contributed by atoms with Crippen molar-refractivity contribution in [1.82, 2.24) is 4.90 Å². The zero-order valence-electron chi connectivity index (χ0n) is 9.72. The predicted molar refractivity (Wildman–Crippen MR) is 62.9 cm³/mol. The molecule has 1 aromatic rings. The molecule has 1 aliphatic heterocycles. The minimum absolute atomic E-state index is 0.185. The third kappa shape index (κ3) is 2.69. The number of rotatable bonds is 2. The molecule has 0 atom stereocenters. The summed E-state index contributed by atoms with van der Waals surface area (Å²) in [5.41, 5.74) is 0.914. The molecule has 4 nitrogen and oxygen atoms in total. The molecule has 1 fully saturated rings. The summed E-state index contributed by atoms with van der Waals surface area (Å²) in [6.45, 7) is 1.63. The first-order valence-corrected chi connectivity index (χ1v) is 5.69. The molecule has 0 radical (unpaired) electrons. The van der Waals surface area contributed by atoms with Crippen LogP contribution in [-0.2, 0) is 4.79 Å². The number of hydrogen-bond acceptors (Lipinski definition) is 3. The molecule has 0 unspecified atom stereocenters. The Kier molecular flexibility index (Phi) is 3.64. The van der Waals surface area contributed by atoms with Gasteiger partial charge in [-0.2, -0.15) is 8.78 Å². The molecule has 0 aromatic heterocycles. The molecule has 18 heavy (non-hydrogen) atoms. The van der Waals surface area contributed by atoms with Gasteiger partial charge < -0.3 is 14.9 Å². The Balaban J connectivity index is 1.94. The Bertz CT molecular complexity index is 415. The molecule has 0 aliphatic carbocycles. The highest BCUT2D eigenvalue weighted by Crippen LogP contribution is 2.20. The van der Waals surface area contributed by atoms with E-state index in [0.29, 0.717) is 26.2 Å². The number of phenols is 1. The first kappa shape index (κ1) is 12.6. The average molecular weight is 256 g/mol. The van der Waals surface area contributed by atoms with Gasteiger partial charge in [-0.25, -0.2) is 0 Å². The van der Waals surface area contributed by atoms with Crippen molar-refractivity contribution in [3.05, 3.63) is 24.3 Å². The molecule has 98 valence electrons. The van der Waals surface area contributed by atoms with Gasteiger partial charge in [-0.3, -0.25) is 4.79 Å². The molecular formula is C12H14F2N2O2. The van der Waals surface area contributed by atoms with Crippen molar-refractivity contribution in [2.24, 2.45) is 0 Å². The average Bonchev–Trinajstić information content (AvgIpc) is 2.39. The lowest BCUT2D eigenvalue weighted by atomic mass is 10.2. The zero-order chi connectivity index (χ0) is 13.1. The van der Waals surface area contributed by atoms with Crippen LogP contribution >= 0.6 is 0 Å². The molecule has 1 N–H and O–H groups in total. The topological polar surface area (TPSA) is 43.8 Å². The third-order valence-corrected chi connectivity index (χ3v) is 2.99. The fraction of sp³-hybridized carbons (Fsp3) is 0.417. The van der Waals surface area contributed by atoms with Crippen LogP contribution in [0.25, 0.3) is 0 Å². The largest absolute Gasteiger partial charge is 0.508 e. The maximum Gasteiger partial charge on any atom is 0.315 e. The standard InChI is InChI=1S/C12H14F2N2O2/c13-11(14)12(18)16-7-5-15(6-8-16)9-1-3-10(17)4-2-9/h1-4,11,17H,5-8H2. The Labute approximate surface area is 103 Å². The molecule has 6 heteroatoms. The first-order valence-electron chi connectivity index (χ1n) is 5.69. The molecule has 0 saturated carbocycles. The minimum Gasteiger partial charge on any atom is -0.508 e. The van der Waals surface area contributed by atoms with Gasteiger partial charge in [0.1, 0.15) is 5.75 Å². The molecule has 1 amide bonds. The van der Waals surface area contributed by atoms with Gasteiger partial charge in [0.25, 0.3) is 5.91 Å². The lowest BCUT2D eigenvalue weighted by Gasteiger charge is -2.35. The maximum absolute atomic E-state index is 12.2. The quantitative estimate of drug-likeness (QED) is 0.867. The normalized spacial score (nSPS) is 16.2. The SMILES string of the molecule is O=C(C(F)F)N1CCN(c2ccc(O)cc2)CC1. The Morgan fingerprint density at radius 3 is 2.17 bits per heavy atom. The predicted octanol–water partition coefficient (Wildman–Crippen LogP) is 1.31. The highest BCUT2D eigenvalue weighted by Gasteiger charge is 2.26. The van der Waals surface area contributed by atoms with E-state index in [2.05, 4.69) is 0 Å². The molecule has 0 spiro atoms. The van der Waals surface area contributed by atoms with E-state index in [4.69, 9.17) is 0 Å². The number of aromatic hydroxyl groups is 1. The number of halogens is 2. The van der Waals surface area contributed by atoms with Gasteiger partial charge in [0, 0.05) is 31.9 Å². The number of anilines is 1. The second-order valence-electron chi connectivity index (χ2n) is 4.13. The van der Waals surface area contributed by atoms with Crippen LogP contribution in [0.5, 0.6) is 5.75 Å². The molecule has 1 saturated heterocycles. The molecule has 0 bridgehead atoms. The molecule has 1 aliphatic rings. The van der Waals surface area contributed by atoms with Crippen molar-refractivity contribution >= 4 is 11.6 Å². The lowest BCUT2D eigenvalue weighted by molar-refractivity contribution is -0.143. The van der Waals surface area contributed by atoms with Crippen LogP contribution in [0.1, 0.15) is 0 Å². The van der Waals surface area contributed by atoms with Crippen LogP contribution < -0.4 is 4.90 Å². The van der Waals surface area contributed by atoms with Crippen molar-refractivity contribution in [2.45, 2.75) is 6.43 Å². The summed E-state index contributed by atoms with van der Waals surface area (Å²) in [6, 6.07) is 6.68. The summed E-state index contributed by atoms with van der Waals surface area (Å²) in [7, 11) is 0. The Morgan fingerprint density at radius 2 is 1.67 bits per heavy atom. The Morgan fingerprint density at radius 1 is 1.11 bits per heavy atom. The van der Waals surface area contributed by atoms with Crippen LogP contribution in [0.3, 0.4) is 0 Å². The van der Waals surface area contributed by atoms with Crippen LogP contribution in [0.2, 0.25) is 0 Å². The highest BCUT2D eigenvalue weighted by atomic mass is 19.3. The number of amides is 1. The molecular weight excluding hydrogens is 242 g/mol. The van der Waals surface area contributed by atoms with Gasteiger partial charge in [0.05, 0.1) is 0 Å². The maximum atomic E-state index is 12.2. The monoisotopic (exact) mass is 256 g/mol. The van der Waals surface area contributed by atoms with Crippen LogP contribution in [0.4, 0.5) is 14.5 Å². The smallest absolute Gasteiger partial charge is 0.315 e. The molecule has 2 rings (SSSR count). The van der Waals surface area contributed by atoms with E-state index in [-0.39, 0.29) is 5.75 Å². The van der Waals surface area contributed by atoms with Gasteiger partial charge in [-0.15, -0.1) is 0 Å². The van der Waals surface area contributed by atoms with E-state index in [1.807, 2.05) is 4.90 Å². The summed E-state index contributed by atoms with van der Waals surface area (Å²) in [6.07, 6.45) is -2.93. The van der Waals surface area contributed by atoms with E-state index in [0.717, 1.165) is 5.69 Å². The van der Waals surface area contributed by atoms with Gasteiger partial charge in [-0.1, -0.05) is 0 Å². The number of phenolic OH excluding ortho intramolecular Hbond substituents is 1. The van der Waals surface area contributed by atoms with E-state index in [1.54, 1.807) is 24.3 Å². The van der Waals surface area contributed by atoms with Gasteiger partial charge in [-0.05, 0) is 24.3 Å². The van der Waals surface area contributed by atoms with Gasteiger partial charge in [0.15, 0.2) is 0 Å². The zero-order valence-corrected chi connectivity index (χ0v) is 9.72. The fourth-order valence-electron chi connectivity index (χ4n) is 1.99. The van der Waals surface area contributed by atoms with Crippen LogP contribution in [-0.4, -0.2) is 48.5 Å². The fourth-order valence-corrected chi connectivity index (χ4v) is 1.99. The van der Waals surface area contributed by atoms with Crippen molar-refractivity contribution in [3.8, 4) is 5.75 Å². The number of hydrogen-bond donors (Lipinski definition) is 1. The minimum atomic E-state index is -2.93. The van der Waals surface area contributed by atoms with E-state index in [9.17, 15) is 18.7 Å². The van der Waals surface area contributed by atoms with Gasteiger partial charge >= 0.3 is 6.43 Å². The van der Waals surface area contributed by atoms with Crippen molar-refractivity contribution in [3.63, 3.8) is 0 Å². The van der Waals surface area contributed by atoms with Crippen LogP contribution in [0.15, 0.2) is 24.3 Å². The van der Waals surface area contributed by atoms with Gasteiger partial charge in [0.2, 0.25) is 0 Å². The second-order valence-corrected chi connectivity index (χ2v) is 4.13. The van der Waals surface area contributed by atoms with Crippen molar-refractivity contribution < 1.29 is 18.7 Å². The number of nitrogens with zero attached hydrogens (tertiary/aromatic N) is 2. The number of piperazine rings is 1. The van der Waals surface area contributed by atoms with Crippen molar-refractivity contribution in [2.75, 3.05) is 31.1 Å². The summed E-state index contributed by atoms with van der Waals surface area (Å²) in [4.78, 5) is 14.3. The summed E-state index contributed by atoms with van der Waals surface area (Å²) in [5.74, 6) is -0.911. The second kappa shape index (κ2) is 5.20. The third-order valence-electron chi connectivity index (χ3n) is 2.99. The van der Waals surface area contributed by atoms with E-state index >= 15 is 0 Å². The van der Waals surface area contributed by atoms with E-state index < -0.39 is 12.3 Å². The summed E-state index contributed by atoms with van der Waals surface area (Å²) >= 11 is 0. The number of carbonyl (C=O) groups is 1. The van der Waals surface area contributed by atoms with E-state index in [1.165, 1.54) is 4.90 Å². The summed E-state index contributed by atoms with van der Waals surface area (Å²) in [5, 5.41) is 9.18. The highest BCUT2D eigenvalue weighted by molar-refractivity contribution is 5.79. The number of benzene rings is 1. The lowest BCUT2D eigenvalue weighted by Crippen LogP contribution is -2.50. The molecule has 1 aromatic carbocycles.